The van der Waals surface area contributed by atoms with Gasteiger partial charge in [0, 0.05) is 43.9 Å². The molecule has 0 amide bonds. The Hall–Kier alpha value is -7.36. The average Bonchev–Trinajstić information content (AvgIpc) is 3.76. The molecule has 0 atom stereocenters. The van der Waals surface area contributed by atoms with Crippen LogP contribution in [0.1, 0.15) is 5.56 Å². The Morgan fingerprint density at radius 2 is 1.02 bits per heavy atom. The molecule has 0 saturated heterocycles. The normalized spacial score (nSPS) is 11.4. The van der Waals surface area contributed by atoms with Crippen molar-refractivity contribution in [2.24, 2.45) is 0 Å². The molecular weight excluding hydrogens is 639 g/mol. The second-order valence-electron chi connectivity index (χ2n) is 12.8. The molecule has 3 heterocycles. The second kappa shape index (κ2) is 11.9. The number of furan rings is 1. The van der Waals surface area contributed by atoms with Gasteiger partial charge in [0.15, 0.2) is 17.5 Å². The first kappa shape index (κ1) is 29.5. The molecular formula is C46H27N5O. The van der Waals surface area contributed by atoms with E-state index in [2.05, 4.69) is 108 Å². The van der Waals surface area contributed by atoms with Gasteiger partial charge in [0.2, 0.25) is 0 Å². The van der Waals surface area contributed by atoms with Crippen molar-refractivity contribution in [3.8, 4) is 57.0 Å². The summed E-state index contributed by atoms with van der Waals surface area (Å²) in [7, 11) is 0. The lowest BCUT2D eigenvalue weighted by Crippen LogP contribution is -2.00. The van der Waals surface area contributed by atoms with Crippen molar-refractivity contribution in [3.05, 3.63) is 169 Å². The number of rotatable bonds is 5. The van der Waals surface area contributed by atoms with E-state index in [0.717, 1.165) is 66.5 Å². The van der Waals surface area contributed by atoms with Crippen LogP contribution in [0.25, 0.3) is 94.7 Å². The Bertz CT molecular complexity index is 3020. The summed E-state index contributed by atoms with van der Waals surface area (Å²) in [6.07, 6.45) is 0. The lowest BCUT2D eigenvalue weighted by molar-refractivity contribution is 0.669. The maximum absolute atomic E-state index is 9.54. The first-order valence-corrected chi connectivity index (χ1v) is 17.1. The summed E-state index contributed by atoms with van der Waals surface area (Å²) in [5.74, 6) is 1.65. The summed E-state index contributed by atoms with van der Waals surface area (Å²) in [5, 5.41) is 14.1. The van der Waals surface area contributed by atoms with Crippen LogP contribution in [0.5, 0.6) is 0 Å². The highest BCUT2D eigenvalue weighted by atomic mass is 16.3. The van der Waals surface area contributed by atoms with Crippen LogP contribution >= 0.6 is 0 Å². The molecule has 0 aliphatic heterocycles. The van der Waals surface area contributed by atoms with Crippen LogP contribution in [0.3, 0.4) is 0 Å². The molecule has 0 spiro atoms. The van der Waals surface area contributed by atoms with Gasteiger partial charge in [-0.05, 0) is 77.9 Å². The predicted molar refractivity (Wildman–Crippen MR) is 208 cm³/mol. The molecule has 0 N–H and O–H groups in total. The summed E-state index contributed by atoms with van der Waals surface area (Å²) in [6, 6.07) is 57.7. The highest BCUT2D eigenvalue weighted by Gasteiger charge is 2.16. The summed E-state index contributed by atoms with van der Waals surface area (Å²) >= 11 is 0. The highest BCUT2D eigenvalue weighted by Crippen LogP contribution is 2.37. The first-order chi connectivity index (χ1) is 25.7. The molecule has 0 radical (unpaired) electrons. The zero-order chi connectivity index (χ0) is 34.6. The average molecular weight is 666 g/mol. The lowest BCUT2D eigenvalue weighted by Gasteiger charge is -2.11. The van der Waals surface area contributed by atoms with E-state index < -0.39 is 0 Å². The van der Waals surface area contributed by atoms with Crippen molar-refractivity contribution in [1.82, 2.24) is 19.5 Å². The minimum absolute atomic E-state index is 0.515. The van der Waals surface area contributed by atoms with E-state index in [0.29, 0.717) is 23.0 Å². The van der Waals surface area contributed by atoms with E-state index in [1.807, 2.05) is 60.7 Å². The maximum Gasteiger partial charge on any atom is 0.164 e. The van der Waals surface area contributed by atoms with Crippen LogP contribution in [-0.4, -0.2) is 19.5 Å². The predicted octanol–water partition coefficient (Wildman–Crippen LogP) is 11.4. The summed E-state index contributed by atoms with van der Waals surface area (Å²) in [6.45, 7) is 0. The van der Waals surface area contributed by atoms with Gasteiger partial charge < -0.3 is 8.98 Å². The number of nitriles is 1. The Morgan fingerprint density at radius 3 is 1.83 bits per heavy atom. The fraction of sp³-hybridized carbons (Fsp3) is 0. The minimum Gasteiger partial charge on any atom is -0.456 e. The number of para-hydroxylation sites is 2. The van der Waals surface area contributed by atoms with Crippen LogP contribution in [0.15, 0.2) is 168 Å². The first-order valence-electron chi connectivity index (χ1n) is 17.1. The number of benzene rings is 7. The van der Waals surface area contributed by atoms with E-state index in [1.54, 1.807) is 6.07 Å². The third-order valence-electron chi connectivity index (χ3n) is 9.68. The SMILES string of the molecule is N#Cc1cccc(-c2nc(-c3ccccc3)nc(-c3ccc(-n4c5ccccc5c5ccc(-c6ccc7oc8ccccc8c7c6)cc54)cc3)n2)c1. The van der Waals surface area contributed by atoms with Crippen LogP contribution in [-0.2, 0) is 0 Å². The molecule has 0 bridgehead atoms. The van der Waals surface area contributed by atoms with E-state index in [9.17, 15) is 5.26 Å². The molecule has 10 aromatic rings. The molecule has 7 aromatic carbocycles. The number of aromatic nitrogens is 4. The largest absolute Gasteiger partial charge is 0.456 e. The van der Waals surface area contributed by atoms with Crippen LogP contribution in [0.4, 0.5) is 0 Å². The molecule has 0 aliphatic carbocycles. The molecule has 0 unspecified atom stereocenters. The van der Waals surface area contributed by atoms with Gasteiger partial charge >= 0.3 is 0 Å². The van der Waals surface area contributed by atoms with Gasteiger partial charge in [-0.1, -0.05) is 97.1 Å². The van der Waals surface area contributed by atoms with Crippen molar-refractivity contribution in [1.29, 1.82) is 5.26 Å². The Balaban J connectivity index is 1.10. The van der Waals surface area contributed by atoms with E-state index in [4.69, 9.17) is 19.4 Å². The minimum atomic E-state index is 0.515. The molecule has 242 valence electrons. The van der Waals surface area contributed by atoms with Crippen LogP contribution in [0.2, 0.25) is 0 Å². The Labute approximate surface area is 298 Å². The quantitative estimate of drug-likeness (QED) is 0.183. The fourth-order valence-electron chi connectivity index (χ4n) is 7.17. The van der Waals surface area contributed by atoms with Gasteiger partial charge in [-0.3, -0.25) is 0 Å². The van der Waals surface area contributed by atoms with Crippen LogP contribution in [0, 0.1) is 11.3 Å². The van der Waals surface area contributed by atoms with Gasteiger partial charge in [0.05, 0.1) is 22.7 Å². The van der Waals surface area contributed by atoms with Gasteiger partial charge in [0.25, 0.3) is 0 Å². The topological polar surface area (TPSA) is 80.5 Å². The standard InChI is InChI=1S/C46H27N5O/c47-28-29-9-8-12-34(25-29)46-49-44(30-10-2-1-3-11-30)48-45(50-46)31-17-21-35(22-18-31)51-40-15-6-4-13-36(40)37-23-19-33(27-41(37)51)32-20-24-43-39(26-32)38-14-5-7-16-42(38)52-43/h1-27H. The molecule has 52 heavy (non-hydrogen) atoms. The summed E-state index contributed by atoms with van der Waals surface area (Å²) < 4.78 is 8.44. The molecule has 10 rings (SSSR count). The van der Waals surface area contributed by atoms with Crippen molar-refractivity contribution < 1.29 is 4.42 Å². The summed E-state index contributed by atoms with van der Waals surface area (Å²) in [5.41, 5.74) is 10.4. The molecule has 6 nitrogen and oxygen atoms in total. The number of fused-ring (bicyclic) bond motifs is 6. The number of hydrogen-bond donors (Lipinski definition) is 0. The van der Waals surface area contributed by atoms with E-state index in [-0.39, 0.29) is 0 Å². The summed E-state index contributed by atoms with van der Waals surface area (Å²) in [4.78, 5) is 14.6. The maximum atomic E-state index is 9.54. The molecule has 3 aromatic heterocycles. The molecule has 6 heteroatoms. The zero-order valence-electron chi connectivity index (χ0n) is 27.7. The van der Waals surface area contributed by atoms with Crippen molar-refractivity contribution in [2.45, 2.75) is 0 Å². The number of hydrogen-bond acceptors (Lipinski definition) is 5. The second-order valence-corrected chi connectivity index (χ2v) is 12.8. The fourth-order valence-corrected chi connectivity index (χ4v) is 7.17. The smallest absolute Gasteiger partial charge is 0.164 e. The highest BCUT2D eigenvalue weighted by molar-refractivity contribution is 6.11. The zero-order valence-corrected chi connectivity index (χ0v) is 27.7. The van der Waals surface area contributed by atoms with E-state index >= 15 is 0 Å². The van der Waals surface area contributed by atoms with Crippen LogP contribution < -0.4 is 0 Å². The Morgan fingerprint density at radius 1 is 0.423 bits per heavy atom. The molecule has 0 fully saturated rings. The van der Waals surface area contributed by atoms with Gasteiger partial charge in [0.1, 0.15) is 11.2 Å². The van der Waals surface area contributed by atoms with Gasteiger partial charge in [-0.15, -0.1) is 0 Å². The van der Waals surface area contributed by atoms with Crippen molar-refractivity contribution >= 4 is 43.7 Å². The van der Waals surface area contributed by atoms with E-state index in [1.165, 1.54) is 10.8 Å². The third kappa shape index (κ3) is 4.92. The molecule has 0 saturated carbocycles. The van der Waals surface area contributed by atoms with Gasteiger partial charge in [-0.2, -0.15) is 5.26 Å². The molecule has 0 aliphatic rings. The third-order valence-corrected chi connectivity index (χ3v) is 9.68. The van der Waals surface area contributed by atoms with Crippen molar-refractivity contribution in [2.75, 3.05) is 0 Å². The lowest BCUT2D eigenvalue weighted by atomic mass is 10.0. The number of nitrogens with zero attached hydrogens (tertiary/aromatic N) is 5. The Kier molecular flexibility index (Phi) is 6.76. The van der Waals surface area contributed by atoms with Crippen molar-refractivity contribution in [3.63, 3.8) is 0 Å². The van der Waals surface area contributed by atoms with Gasteiger partial charge in [-0.25, -0.2) is 15.0 Å². The monoisotopic (exact) mass is 665 g/mol.